The highest BCUT2D eigenvalue weighted by Gasteiger charge is 2.32. The minimum atomic E-state index is -0.436. The van der Waals surface area contributed by atoms with Crippen LogP contribution < -0.4 is 15.2 Å². The highest BCUT2D eigenvalue weighted by Crippen LogP contribution is 2.35. The number of hydrogen-bond acceptors (Lipinski definition) is 7. The lowest BCUT2D eigenvalue weighted by Crippen LogP contribution is -2.49. The third-order valence-corrected chi connectivity index (χ3v) is 6.92. The highest BCUT2D eigenvalue weighted by molar-refractivity contribution is 5.44. The van der Waals surface area contributed by atoms with E-state index >= 15 is 0 Å². The van der Waals surface area contributed by atoms with E-state index in [9.17, 15) is 9.90 Å². The van der Waals surface area contributed by atoms with E-state index in [1.54, 1.807) is 36.3 Å². The van der Waals surface area contributed by atoms with Crippen LogP contribution in [0.15, 0.2) is 84.0 Å². The van der Waals surface area contributed by atoms with Crippen LogP contribution in [0, 0.1) is 6.92 Å². The fraction of sp³-hybridized carbons (Fsp3) is 0.276. The van der Waals surface area contributed by atoms with Crippen molar-refractivity contribution in [2.45, 2.75) is 19.5 Å². The second-order valence-corrected chi connectivity index (χ2v) is 9.23. The Morgan fingerprint density at radius 1 is 1.00 bits per heavy atom. The Kier molecular flexibility index (Phi) is 7.18. The summed E-state index contributed by atoms with van der Waals surface area (Å²) in [7, 11) is 1.63. The molecule has 0 aliphatic carbocycles. The largest absolute Gasteiger partial charge is 0.507 e. The SMILES string of the molecule is COc1cccc([C@@H](c2c(O)cc(C)n(Cc3cccnc3)c2=O)N2CCN(c3ccccn3)CC2)c1. The summed E-state index contributed by atoms with van der Waals surface area (Å²) < 4.78 is 7.21. The summed E-state index contributed by atoms with van der Waals surface area (Å²) in [5.74, 6) is 1.65. The van der Waals surface area contributed by atoms with Crippen molar-refractivity contribution in [1.29, 1.82) is 0 Å². The van der Waals surface area contributed by atoms with Gasteiger partial charge in [-0.25, -0.2) is 4.98 Å². The van der Waals surface area contributed by atoms with Crippen LogP contribution >= 0.6 is 0 Å². The molecule has 1 aromatic carbocycles. The van der Waals surface area contributed by atoms with Crippen molar-refractivity contribution < 1.29 is 9.84 Å². The first-order valence-corrected chi connectivity index (χ1v) is 12.4. The zero-order valence-corrected chi connectivity index (χ0v) is 21.1. The molecular formula is C29H31N5O3. The molecule has 0 amide bonds. The Morgan fingerprint density at radius 3 is 2.54 bits per heavy atom. The van der Waals surface area contributed by atoms with Gasteiger partial charge in [-0.2, -0.15) is 0 Å². The number of pyridine rings is 3. The summed E-state index contributed by atoms with van der Waals surface area (Å²) in [5.41, 5.74) is 2.68. The number of rotatable bonds is 7. The van der Waals surface area contributed by atoms with Gasteiger partial charge in [0.15, 0.2) is 0 Å². The van der Waals surface area contributed by atoms with Crippen molar-refractivity contribution in [3.05, 3.63) is 112 Å². The lowest BCUT2D eigenvalue weighted by Gasteiger charge is -2.40. The van der Waals surface area contributed by atoms with E-state index < -0.39 is 6.04 Å². The first-order chi connectivity index (χ1) is 18.0. The van der Waals surface area contributed by atoms with E-state index in [-0.39, 0.29) is 11.3 Å². The maximum Gasteiger partial charge on any atom is 0.259 e. The number of methoxy groups -OCH3 is 1. The summed E-state index contributed by atoms with van der Waals surface area (Å²) in [6, 6.07) is 18.7. The number of ether oxygens (including phenoxy) is 1. The quantitative estimate of drug-likeness (QED) is 0.418. The van der Waals surface area contributed by atoms with Crippen LogP contribution in [0.1, 0.15) is 28.4 Å². The molecule has 3 aromatic heterocycles. The fourth-order valence-electron chi connectivity index (χ4n) is 5.02. The Labute approximate surface area is 216 Å². The van der Waals surface area contributed by atoms with Crippen LogP contribution in [-0.2, 0) is 6.54 Å². The molecule has 1 aliphatic rings. The predicted octanol–water partition coefficient (Wildman–Crippen LogP) is 3.62. The zero-order valence-electron chi connectivity index (χ0n) is 21.1. The number of aromatic nitrogens is 3. The van der Waals surface area contributed by atoms with E-state index in [1.165, 1.54) is 0 Å². The van der Waals surface area contributed by atoms with Gasteiger partial charge in [-0.15, -0.1) is 0 Å². The van der Waals surface area contributed by atoms with Gasteiger partial charge in [0, 0.05) is 50.5 Å². The molecule has 0 radical (unpaired) electrons. The first-order valence-electron chi connectivity index (χ1n) is 12.4. The van der Waals surface area contributed by atoms with Crippen molar-refractivity contribution in [3.8, 4) is 11.5 Å². The van der Waals surface area contributed by atoms with E-state index in [0.29, 0.717) is 36.6 Å². The van der Waals surface area contributed by atoms with Crippen LogP contribution in [0.5, 0.6) is 11.5 Å². The molecule has 190 valence electrons. The van der Waals surface area contributed by atoms with Gasteiger partial charge >= 0.3 is 0 Å². The Morgan fingerprint density at radius 2 is 1.84 bits per heavy atom. The number of aryl methyl sites for hydroxylation is 1. The van der Waals surface area contributed by atoms with Gasteiger partial charge in [0.25, 0.3) is 5.56 Å². The molecule has 0 bridgehead atoms. The van der Waals surface area contributed by atoms with Crippen LogP contribution in [-0.4, -0.2) is 57.8 Å². The molecule has 4 aromatic rings. The molecule has 4 heterocycles. The number of anilines is 1. The number of piperazine rings is 1. The molecule has 5 rings (SSSR count). The second kappa shape index (κ2) is 10.8. The molecule has 8 nitrogen and oxygen atoms in total. The van der Waals surface area contributed by atoms with Crippen molar-refractivity contribution in [2.24, 2.45) is 0 Å². The Hall–Kier alpha value is -4.17. The first kappa shape index (κ1) is 24.5. The van der Waals surface area contributed by atoms with E-state index in [1.807, 2.05) is 61.5 Å². The zero-order chi connectivity index (χ0) is 25.8. The molecule has 0 spiro atoms. The average Bonchev–Trinajstić information content (AvgIpc) is 2.94. The number of hydrogen-bond donors (Lipinski definition) is 1. The van der Waals surface area contributed by atoms with Crippen LogP contribution in [0.25, 0.3) is 0 Å². The van der Waals surface area contributed by atoms with Crippen LogP contribution in [0.3, 0.4) is 0 Å². The molecule has 1 N–H and O–H groups in total. The number of benzene rings is 1. The molecule has 0 saturated carbocycles. The van der Waals surface area contributed by atoms with Gasteiger partial charge < -0.3 is 19.3 Å². The third-order valence-electron chi connectivity index (χ3n) is 6.92. The molecule has 1 saturated heterocycles. The Bertz CT molecular complexity index is 1400. The summed E-state index contributed by atoms with van der Waals surface area (Å²) in [6.45, 7) is 5.14. The molecule has 1 aliphatic heterocycles. The van der Waals surface area contributed by atoms with Gasteiger partial charge in [0.05, 0.1) is 25.3 Å². The maximum atomic E-state index is 14.0. The summed E-state index contributed by atoms with van der Waals surface area (Å²) >= 11 is 0. The second-order valence-electron chi connectivity index (χ2n) is 9.23. The lowest BCUT2D eigenvalue weighted by molar-refractivity contribution is 0.207. The molecular weight excluding hydrogens is 466 g/mol. The van der Waals surface area contributed by atoms with Crippen molar-refractivity contribution in [1.82, 2.24) is 19.4 Å². The molecule has 1 fully saturated rings. The minimum Gasteiger partial charge on any atom is -0.507 e. The predicted molar refractivity (Wildman–Crippen MR) is 143 cm³/mol. The van der Waals surface area contributed by atoms with Gasteiger partial charge in [0.2, 0.25) is 0 Å². The normalized spacial score (nSPS) is 14.9. The molecule has 0 unspecified atom stereocenters. The number of nitrogens with zero attached hydrogens (tertiary/aromatic N) is 5. The maximum absolute atomic E-state index is 14.0. The summed E-state index contributed by atoms with van der Waals surface area (Å²) in [5, 5.41) is 11.2. The van der Waals surface area contributed by atoms with Crippen LogP contribution in [0.2, 0.25) is 0 Å². The topological polar surface area (TPSA) is 83.7 Å². The van der Waals surface area contributed by atoms with Crippen LogP contribution in [0.4, 0.5) is 5.82 Å². The third kappa shape index (κ3) is 5.20. The van der Waals surface area contributed by atoms with Crippen molar-refractivity contribution >= 4 is 5.82 Å². The average molecular weight is 498 g/mol. The Balaban J connectivity index is 1.55. The summed E-state index contributed by atoms with van der Waals surface area (Å²) in [4.78, 5) is 27.2. The van der Waals surface area contributed by atoms with Crippen molar-refractivity contribution in [2.75, 3.05) is 38.2 Å². The number of aromatic hydroxyl groups is 1. The highest BCUT2D eigenvalue weighted by atomic mass is 16.5. The monoisotopic (exact) mass is 497 g/mol. The van der Waals surface area contributed by atoms with Gasteiger partial charge in [0.1, 0.15) is 17.3 Å². The minimum absolute atomic E-state index is 0.00455. The van der Waals surface area contributed by atoms with E-state index in [0.717, 1.165) is 30.0 Å². The standard InChI is InChI=1S/C29H31N5O3/c1-21-17-25(35)27(29(36)34(21)20-22-7-6-11-30-19-22)28(23-8-5-9-24(18-23)37-2)33-15-13-32(14-16-33)26-10-3-4-12-31-26/h3-12,17-19,28,35H,13-16,20H2,1-2H3/t28-/m0/s1. The smallest absolute Gasteiger partial charge is 0.259 e. The van der Waals surface area contributed by atoms with Gasteiger partial charge in [-0.1, -0.05) is 24.3 Å². The van der Waals surface area contributed by atoms with E-state index in [2.05, 4.69) is 19.8 Å². The fourth-order valence-corrected chi connectivity index (χ4v) is 5.02. The van der Waals surface area contributed by atoms with Gasteiger partial charge in [-0.05, 0) is 54.4 Å². The van der Waals surface area contributed by atoms with Crippen molar-refractivity contribution in [3.63, 3.8) is 0 Å². The van der Waals surface area contributed by atoms with Gasteiger partial charge in [-0.3, -0.25) is 14.7 Å². The summed E-state index contributed by atoms with van der Waals surface area (Å²) in [6.07, 6.45) is 5.27. The molecule has 1 atom stereocenters. The van der Waals surface area contributed by atoms with E-state index in [4.69, 9.17) is 4.74 Å². The lowest BCUT2D eigenvalue weighted by atomic mass is 9.95. The molecule has 37 heavy (non-hydrogen) atoms. The molecule has 8 heteroatoms.